The summed E-state index contributed by atoms with van der Waals surface area (Å²) in [4.78, 5) is 51.1. The van der Waals surface area contributed by atoms with E-state index in [2.05, 4.69) is 142 Å². The SMILES string of the molecule is CC/C=C\C/C=C\C/C=C\C/C=C\C/C=C\C/C=C\CCC(=O)OCC(COC1OC(C(=O)O)C(O)C(O)C1OC(=O)CCCCCCC/C=C\CCCCCC)OC(=O)CCCCCC/C=C\C/C=C\C/C=C\C/C=C\CC. The number of aliphatic hydroxyl groups excluding tert-OH is 2. The van der Waals surface area contributed by atoms with E-state index < -0.39 is 67.3 Å². The number of allylic oxidation sites excluding steroid dienone is 22. The highest BCUT2D eigenvalue weighted by Crippen LogP contribution is 2.26. The van der Waals surface area contributed by atoms with Gasteiger partial charge in [-0.05, 0) is 122 Å². The van der Waals surface area contributed by atoms with E-state index in [-0.39, 0.29) is 25.9 Å². The molecule has 444 valence electrons. The van der Waals surface area contributed by atoms with Gasteiger partial charge in [0.2, 0.25) is 0 Å². The average molecular weight is 1100 g/mol. The van der Waals surface area contributed by atoms with Crippen LogP contribution in [0.2, 0.25) is 0 Å². The molecule has 1 saturated heterocycles. The number of hydrogen-bond donors (Lipinski definition) is 3. The van der Waals surface area contributed by atoms with Gasteiger partial charge in [-0.15, -0.1) is 0 Å². The van der Waals surface area contributed by atoms with Crippen molar-refractivity contribution in [3.05, 3.63) is 134 Å². The van der Waals surface area contributed by atoms with Crippen molar-refractivity contribution in [1.29, 1.82) is 0 Å². The zero-order valence-corrected chi connectivity index (χ0v) is 48.8. The number of aliphatic hydroxyl groups is 2. The molecule has 0 amide bonds. The number of carbonyl (C=O) groups excluding carboxylic acids is 3. The Balaban J connectivity index is 2.77. The zero-order valence-electron chi connectivity index (χ0n) is 48.8. The molecule has 6 atom stereocenters. The summed E-state index contributed by atoms with van der Waals surface area (Å²) in [5, 5.41) is 31.5. The Kier molecular flexibility index (Phi) is 48.7. The molecule has 1 fully saturated rings. The van der Waals surface area contributed by atoms with Crippen molar-refractivity contribution in [3.8, 4) is 0 Å². The van der Waals surface area contributed by atoms with Crippen LogP contribution >= 0.6 is 0 Å². The highest BCUT2D eigenvalue weighted by Gasteiger charge is 2.50. The Morgan fingerprint density at radius 2 is 0.823 bits per heavy atom. The second kappa shape index (κ2) is 53.5. The van der Waals surface area contributed by atoms with E-state index in [1.807, 2.05) is 12.2 Å². The molecule has 79 heavy (non-hydrogen) atoms. The first-order chi connectivity index (χ1) is 38.6. The maximum atomic E-state index is 13.2. The van der Waals surface area contributed by atoms with Crippen LogP contribution in [0, 0.1) is 0 Å². The van der Waals surface area contributed by atoms with Crippen molar-refractivity contribution in [2.75, 3.05) is 13.2 Å². The fourth-order valence-electron chi connectivity index (χ4n) is 8.14. The molecule has 0 aliphatic carbocycles. The van der Waals surface area contributed by atoms with Crippen molar-refractivity contribution in [3.63, 3.8) is 0 Å². The van der Waals surface area contributed by atoms with Crippen LogP contribution in [0.3, 0.4) is 0 Å². The standard InChI is InChI=1S/C67H104O12/c1-4-7-10-13-16-19-22-25-27-29-30-32-33-36-38-41-44-47-50-53-59(68)75-56-58(77-60(69)54-51-48-45-42-40-37-34-31-28-26-23-20-17-14-11-8-5-2)57-76-67-65(63(72)62(71)64(79-67)66(73)74)78-61(70)55-52-49-46-43-39-35-24-21-18-15-12-9-6-3/h7-8,10-11,16-17,19-21,24-28,30,32,34,36-38,44,47,58,62-65,67,71-72H,4-6,9,12-15,18,22-23,29,31,33,35,39-43,45-46,48-57H2,1-3H3,(H,73,74)/b10-7-,11-8-,19-16-,20-17-,24-21-,27-25-,28-26-,32-30-,37-34-,38-36-,47-44-. The van der Waals surface area contributed by atoms with Crippen LogP contribution in [-0.4, -0.2) is 89.2 Å². The minimum atomic E-state index is -1.93. The van der Waals surface area contributed by atoms with Crippen LogP contribution in [-0.2, 0) is 42.9 Å². The summed E-state index contributed by atoms with van der Waals surface area (Å²) >= 11 is 0. The third kappa shape index (κ3) is 43.4. The van der Waals surface area contributed by atoms with Gasteiger partial charge in [-0.2, -0.15) is 0 Å². The smallest absolute Gasteiger partial charge is 0.335 e. The fourth-order valence-corrected chi connectivity index (χ4v) is 8.14. The summed E-state index contributed by atoms with van der Waals surface area (Å²) in [5.41, 5.74) is 0. The minimum Gasteiger partial charge on any atom is -0.479 e. The molecule has 0 radical (unpaired) electrons. The van der Waals surface area contributed by atoms with Crippen molar-refractivity contribution < 1.29 is 58.2 Å². The molecule has 0 aromatic heterocycles. The zero-order chi connectivity index (χ0) is 57.5. The van der Waals surface area contributed by atoms with Gasteiger partial charge in [-0.25, -0.2) is 4.79 Å². The largest absolute Gasteiger partial charge is 0.479 e. The number of carboxylic acid groups (broad SMARTS) is 1. The van der Waals surface area contributed by atoms with Crippen LogP contribution in [0.5, 0.6) is 0 Å². The number of unbranched alkanes of at least 4 members (excludes halogenated alkanes) is 13. The van der Waals surface area contributed by atoms with Gasteiger partial charge in [0.1, 0.15) is 18.8 Å². The van der Waals surface area contributed by atoms with Crippen molar-refractivity contribution in [1.82, 2.24) is 0 Å². The first kappa shape index (κ1) is 71.9. The number of carbonyl (C=O) groups is 4. The second-order valence-electron chi connectivity index (χ2n) is 19.9. The van der Waals surface area contributed by atoms with Gasteiger partial charge in [0, 0.05) is 19.3 Å². The summed E-state index contributed by atoms with van der Waals surface area (Å²) in [6.45, 7) is 5.64. The second-order valence-corrected chi connectivity index (χ2v) is 19.9. The maximum Gasteiger partial charge on any atom is 0.335 e. The summed E-state index contributed by atoms with van der Waals surface area (Å²) in [6, 6.07) is 0. The molecular weight excluding hydrogens is 997 g/mol. The Morgan fingerprint density at radius 1 is 0.430 bits per heavy atom. The first-order valence-corrected chi connectivity index (χ1v) is 30.2. The lowest BCUT2D eigenvalue weighted by molar-refractivity contribution is -0.301. The van der Waals surface area contributed by atoms with Crippen molar-refractivity contribution >= 4 is 23.9 Å². The van der Waals surface area contributed by atoms with E-state index in [1.165, 1.54) is 25.7 Å². The van der Waals surface area contributed by atoms with Gasteiger partial charge in [0.15, 0.2) is 24.6 Å². The van der Waals surface area contributed by atoms with Gasteiger partial charge in [0.05, 0.1) is 6.61 Å². The van der Waals surface area contributed by atoms with Gasteiger partial charge < -0.3 is 39.0 Å². The molecule has 1 rings (SSSR count). The topological polar surface area (TPSA) is 175 Å². The molecule has 1 aliphatic rings. The Hall–Kier alpha value is -5.14. The number of ether oxygens (including phenoxy) is 5. The summed E-state index contributed by atoms with van der Waals surface area (Å²) < 4.78 is 28.3. The van der Waals surface area contributed by atoms with Gasteiger partial charge in [0.25, 0.3) is 0 Å². The highest BCUT2D eigenvalue weighted by atomic mass is 16.7. The van der Waals surface area contributed by atoms with Gasteiger partial charge >= 0.3 is 23.9 Å². The van der Waals surface area contributed by atoms with E-state index in [1.54, 1.807) is 0 Å². The lowest BCUT2D eigenvalue weighted by Crippen LogP contribution is -2.61. The maximum absolute atomic E-state index is 13.2. The van der Waals surface area contributed by atoms with E-state index in [0.717, 1.165) is 128 Å². The number of aliphatic carboxylic acids is 1. The molecule has 12 nitrogen and oxygen atoms in total. The Morgan fingerprint density at radius 3 is 1.28 bits per heavy atom. The van der Waals surface area contributed by atoms with E-state index in [9.17, 15) is 34.5 Å². The van der Waals surface area contributed by atoms with Gasteiger partial charge in [-0.1, -0.05) is 206 Å². The molecule has 6 unspecified atom stereocenters. The normalized spacial score (nSPS) is 18.8. The highest BCUT2D eigenvalue weighted by molar-refractivity contribution is 5.74. The molecule has 12 heteroatoms. The third-order valence-corrected chi connectivity index (χ3v) is 12.7. The first-order valence-electron chi connectivity index (χ1n) is 30.2. The lowest BCUT2D eigenvalue weighted by Gasteiger charge is -2.40. The molecule has 0 aromatic rings. The van der Waals surface area contributed by atoms with Crippen molar-refractivity contribution in [2.45, 2.75) is 250 Å². The molecule has 0 saturated carbocycles. The van der Waals surface area contributed by atoms with Crippen LogP contribution < -0.4 is 0 Å². The number of esters is 3. The molecule has 1 heterocycles. The average Bonchev–Trinajstić information content (AvgIpc) is 3.44. The number of rotatable bonds is 49. The Labute approximate surface area is 477 Å². The minimum absolute atomic E-state index is 0.0330. The fraction of sp³-hybridized carbons (Fsp3) is 0.612. The quantitative estimate of drug-likeness (QED) is 0.0228. The predicted molar refractivity (Wildman–Crippen MR) is 321 cm³/mol. The summed E-state index contributed by atoms with van der Waals surface area (Å²) in [7, 11) is 0. The van der Waals surface area contributed by atoms with Crippen LogP contribution in [0.25, 0.3) is 0 Å². The molecule has 0 spiro atoms. The van der Waals surface area contributed by atoms with Crippen LogP contribution in [0.15, 0.2) is 134 Å². The number of hydrogen-bond acceptors (Lipinski definition) is 11. The van der Waals surface area contributed by atoms with Crippen LogP contribution in [0.4, 0.5) is 0 Å². The molecule has 1 aliphatic heterocycles. The number of carboxylic acids is 1. The third-order valence-electron chi connectivity index (χ3n) is 12.7. The lowest BCUT2D eigenvalue weighted by atomic mass is 9.98. The van der Waals surface area contributed by atoms with E-state index >= 15 is 0 Å². The van der Waals surface area contributed by atoms with E-state index in [0.29, 0.717) is 19.3 Å². The van der Waals surface area contributed by atoms with Gasteiger partial charge in [-0.3, -0.25) is 14.4 Å². The molecular formula is C67H104O12. The van der Waals surface area contributed by atoms with E-state index in [4.69, 9.17) is 23.7 Å². The molecule has 0 aromatic carbocycles. The van der Waals surface area contributed by atoms with Crippen LogP contribution in [0.1, 0.15) is 213 Å². The predicted octanol–water partition coefficient (Wildman–Crippen LogP) is 15.8. The monoisotopic (exact) mass is 1100 g/mol. The summed E-state index contributed by atoms with van der Waals surface area (Å²) in [5.74, 6) is -3.29. The summed E-state index contributed by atoms with van der Waals surface area (Å²) in [6.07, 6.45) is 62.9. The molecule has 0 bridgehead atoms. The molecule has 3 N–H and O–H groups in total. The Bertz CT molecular complexity index is 1880. The van der Waals surface area contributed by atoms with Crippen molar-refractivity contribution in [2.24, 2.45) is 0 Å².